The first-order valence-corrected chi connectivity index (χ1v) is 7.85. The Morgan fingerprint density at radius 2 is 2.14 bits per heavy atom. The number of hydrogen-bond acceptors (Lipinski definition) is 4. The molecule has 0 saturated carbocycles. The quantitative estimate of drug-likeness (QED) is 0.875. The second kappa shape index (κ2) is 7.71. The van der Waals surface area contributed by atoms with Crippen LogP contribution in [0.15, 0.2) is 12.3 Å². The molecule has 2 rings (SSSR count). The number of ether oxygens (including phenoxy) is 1. The van der Waals surface area contributed by atoms with E-state index in [0.29, 0.717) is 30.1 Å². The Morgan fingerprint density at radius 3 is 2.76 bits per heavy atom. The summed E-state index contributed by atoms with van der Waals surface area (Å²) in [5.41, 5.74) is 0.681. The predicted molar refractivity (Wildman–Crippen MR) is 83.0 cm³/mol. The number of halogens is 1. The van der Waals surface area contributed by atoms with Crippen molar-refractivity contribution < 1.29 is 9.13 Å². The Kier molecular flexibility index (Phi) is 5.94. The Labute approximate surface area is 126 Å². The number of piperidine rings is 1. The van der Waals surface area contributed by atoms with E-state index in [1.807, 2.05) is 11.8 Å². The van der Waals surface area contributed by atoms with Crippen molar-refractivity contribution in [3.63, 3.8) is 0 Å². The zero-order valence-corrected chi connectivity index (χ0v) is 13.2. The largest absolute Gasteiger partial charge is 0.378 e. The highest BCUT2D eigenvalue weighted by Gasteiger charge is 2.23. The molecule has 5 heteroatoms. The van der Waals surface area contributed by atoms with E-state index in [2.05, 4.69) is 24.1 Å². The third-order valence-corrected chi connectivity index (χ3v) is 3.80. The van der Waals surface area contributed by atoms with Gasteiger partial charge < -0.3 is 15.0 Å². The molecule has 1 aromatic rings. The van der Waals surface area contributed by atoms with Gasteiger partial charge in [0, 0.05) is 44.0 Å². The maximum Gasteiger partial charge on any atom is 0.170 e. The maximum absolute atomic E-state index is 14.6. The van der Waals surface area contributed by atoms with Gasteiger partial charge in [-0.05, 0) is 25.8 Å². The topological polar surface area (TPSA) is 37.4 Å². The minimum Gasteiger partial charge on any atom is -0.378 e. The lowest BCUT2D eigenvalue weighted by atomic mass is 10.1. The van der Waals surface area contributed by atoms with Crippen LogP contribution in [-0.2, 0) is 11.3 Å². The van der Waals surface area contributed by atoms with E-state index in [0.717, 1.165) is 32.5 Å². The second-order valence-electron chi connectivity index (χ2n) is 5.79. The van der Waals surface area contributed by atoms with Gasteiger partial charge in [-0.2, -0.15) is 0 Å². The summed E-state index contributed by atoms with van der Waals surface area (Å²) in [6.45, 7) is 9.00. The zero-order chi connectivity index (χ0) is 15.2. The number of nitrogens with zero attached hydrogens (tertiary/aromatic N) is 2. The fraction of sp³-hybridized carbons (Fsp3) is 0.688. The van der Waals surface area contributed by atoms with Crippen molar-refractivity contribution in [1.82, 2.24) is 10.3 Å². The van der Waals surface area contributed by atoms with Crippen LogP contribution in [0.3, 0.4) is 0 Å². The highest BCUT2D eigenvalue weighted by Crippen LogP contribution is 2.24. The number of anilines is 1. The van der Waals surface area contributed by atoms with Gasteiger partial charge in [0.2, 0.25) is 0 Å². The molecule has 0 atom stereocenters. The molecule has 118 valence electrons. The standard InChI is InChI=1S/C16H26FN3O/c1-4-21-14-6-9-20(10-7-14)16-15(17)13(5-8-18-16)11-19-12(2)3/h5,8,12,14,19H,4,6-7,9-11H2,1-3H3. The SMILES string of the molecule is CCOC1CCN(c2nccc(CNC(C)C)c2F)CC1. The predicted octanol–water partition coefficient (Wildman–Crippen LogP) is 2.72. The van der Waals surface area contributed by atoms with Crippen LogP contribution in [0.5, 0.6) is 0 Å². The molecule has 2 heterocycles. The lowest BCUT2D eigenvalue weighted by Crippen LogP contribution is -2.38. The highest BCUT2D eigenvalue weighted by atomic mass is 19.1. The van der Waals surface area contributed by atoms with Gasteiger partial charge in [-0.3, -0.25) is 0 Å². The second-order valence-corrected chi connectivity index (χ2v) is 5.79. The maximum atomic E-state index is 14.6. The molecule has 0 unspecified atom stereocenters. The van der Waals surface area contributed by atoms with Crippen LogP contribution in [0.1, 0.15) is 39.2 Å². The first-order valence-electron chi connectivity index (χ1n) is 7.85. The molecule has 0 bridgehead atoms. The van der Waals surface area contributed by atoms with Crippen molar-refractivity contribution in [3.05, 3.63) is 23.6 Å². The summed E-state index contributed by atoms with van der Waals surface area (Å²) in [5, 5.41) is 3.25. The average molecular weight is 295 g/mol. The van der Waals surface area contributed by atoms with Crippen molar-refractivity contribution in [2.24, 2.45) is 0 Å². The molecule has 1 N–H and O–H groups in total. The monoisotopic (exact) mass is 295 g/mol. The van der Waals surface area contributed by atoms with Crippen molar-refractivity contribution in [3.8, 4) is 0 Å². The summed E-state index contributed by atoms with van der Waals surface area (Å²) >= 11 is 0. The Balaban J connectivity index is 2.02. The van der Waals surface area contributed by atoms with E-state index < -0.39 is 0 Å². The lowest BCUT2D eigenvalue weighted by molar-refractivity contribution is 0.0457. The molecule has 1 fully saturated rings. The molecule has 0 radical (unpaired) electrons. The fourth-order valence-corrected chi connectivity index (χ4v) is 2.61. The van der Waals surface area contributed by atoms with Crippen LogP contribution in [0.4, 0.5) is 10.2 Å². The average Bonchev–Trinajstić information content (AvgIpc) is 2.47. The van der Waals surface area contributed by atoms with E-state index >= 15 is 0 Å². The molecule has 0 spiro atoms. The van der Waals surface area contributed by atoms with Crippen molar-refractivity contribution >= 4 is 5.82 Å². The summed E-state index contributed by atoms with van der Waals surface area (Å²) in [6, 6.07) is 2.09. The van der Waals surface area contributed by atoms with E-state index in [4.69, 9.17) is 4.74 Å². The van der Waals surface area contributed by atoms with Gasteiger partial charge in [0.15, 0.2) is 11.6 Å². The molecule has 0 amide bonds. The van der Waals surface area contributed by atoms with Crippen LogP contribution >= 0.6 is 0 Å². The summed E-state index contributed by atoms with van der Waals surface area (Å²) in [7, 11) is 0. The molecule has 1 aliphatic rings. The first-order chi connectivity index (χ1) is 10.1. The summed E-state index contributed by atoms with van der Waals surface area (Å²) < 4.78 is 20.2. The molecule has 0 aromatic carbocycles. The van der Waals surface area contributed by atoms with Crippen LogP contribution < -0.4 is 10.2 Å². The molecule has 0 aliphatic carbocycles. The van der Waals surface area contributed by atoms with Gasteiger partial charge in [0.05, 0.1) is 6.10 Å². The molecular weight excluding hydrogens is 269 g/mol. The van der Waals surface area contributed by atoms with Crippen LogP contribution in [0.2, 0.25) is 0 Å². The first kappa shape index (κ1) is 16.2. The van der Waals surface area contributed by atoms with E-state index in [1.165, 1.54) is 0 Å². The number of pyridine rings is 1. The molecular formula is C16H26FN3O. The van der Waals surface area contributed by atoms with E-state index in [-0.39, 0.29) is 5.82 Å². The van der Waals surface area contributed by atoms with Gasteiger partial charge >= 0.3 is 0 Å². The minimum atomic E-state index is -0.194. The molecule has 4 nitrogen and oxygen atoms in total. The van der Waals surface area contributed by atoms with Crippen LogP contribution in [0.25, 0.3) is 0 Å². The summed E-state index contributed by atoms with van der Waals surface area (Å²) in [4.78, 5) is 6.27. The summed E-state index contributed by atoms with van der Waals surface area (Å²) in [5.74, 6) is 0.286. The highest BCUT2D eigenvalue weighted by molar-refractivity contribution is 5.43. The normalized spacial score (nSPS) is 16.7. The number of nitrogens with one attached hydrogen (secondary N) is 1. The van der Waals surface area contributed by atoms with Crippen molar-refractivity contribution in [1.29, 1.82) is 0 Å². The lowest BCUT2D eigenvalue weighted by Gasteiger charge is -2.33. The Hall–Kier alpha value is -1.20. The van der Waals surface area contributed by atoms with Gasteiger partial charge in [0.1, 0.15) is 0 Å². The van der Waals surface area contributed by atoms with Gasteiger partial charge in [-0.15, -0.1) is 0 Å². The van der Waals surface area contributed by atoms with Crippen LogP contribution in [-0.4, -0.2) is 36.8 Å². The number of aromatic nitrogens is 1. The van der Waals surface area contributed by atoms with Gasteiger partial charge in [0.25, 0.3) is 0 Å². The minimum absolute atomic E-state index is 0.194. The smallest absolute Gasteiger partial charge is 0.170 e. The van der Waals surface area contributed by atoms with Gasteiger partial charge in [-0.1, -0.05) is 13.8 Å². The number of hydrogen-bond donors (Lipinski definition) is 1. The third kappa shape index (κ3) is 4.38. The Bertz CT molecular complexity index is 445. The molecule has 1 saturated heterocycles. The summed E-state index contributed by atoms with van der Waals surface area (Å²) in [6.07, 6.45) is 3.87. The molecule has 21 heavy (non-hydrogen) atoms. The fourth-order valence-electron chi connectivity index (χ4n) is 2.61. The van der Waals surface area contributed by atoms with Crippen molar-refractivity contribution in [2.75, 3.05) is 24.6 Å². The molecule has 1 aromatic heterocycles. The third-order valence-electron chi connectivity index (χ3n) is 3.80. The van der Waals surface area contributed by atoms with E-state index in [9.17, 15) is 4.39 Å². The van der Waals surface area contributed by atoms with Crippen molar-refractivity contribution in [2.45, 2.75) is 52.3 Å². The van der Waals surface area contributed by atoms with E-state index in [1.54, 1.807) is 12.3 Å². The zero-order valence-electron chi connectivity index (χ0n) is 13.2. The molecule has 1 aliphatic heterocycles. The van der Waals surface area contributed by atoms with Gasteiger partial charge in [-0.25, -0.2) is 9.37 Å². The van der Waals surface area contributed by atoms with Crippen LogP contribution in [0, 0.1) is 5.82 Å². The Morgan fingerprint density at radius 1 is 1.43 bits per heavy atom. The number of rotatable bonds is 6.